The lowest BCUT2D eigenvalue weighted by Gasteiger charge is -2.47. The van der Waals surface area contributed by atoms with Crippen molar-refractivity contribution in [1.82, 2.24) is 9.80 Å². The van der Waals surface area contributed by atoms with Gasteiger partial charge in [-0.1, -0.05) is 27.7 Å². The van der Waals surface area contributed by atoms with Gasteiger partial charge in [0.05, 0.1) is 28.4 Å². The van der Waals surface area contributed by atoms with E-state index in [1.54, 1.807) is 28.4 Å². The van der Waals surface area contributed by atoms with Gasteiger partial charge in [-0.25, -0.2) is 0 Å². The molecule has 0 bridgehead atoms. The Morgan fingerprint density at radius 1 is 0.612 bits per heavy atom. The first-order chi connectivity index (χ1) is 23.6. The van der Waals surface area contributed by atoms with Crippen LogP contribution in [0.25, 0.3) is 0 Å². The van der Waals surface area contributed by atoms with Gasteiger partial charge in [0.1, 0.15) is 0 Å². The molecule has 6 atom stereocenters. The van der Waals surface area contributed by atoms with Crippen LogP contribution in [0.5, 0.6) is 23.0 Å². The van der Waals surface area contributed by atoms with Crippen molar-refractivity contribution in [1.29, 1.82) is 0 Å². The van der Waals surface area contributed by atoms with E-state index in [0.717, 1.165) is 80.3 Å². The van der Waals surface area contributed by atoms with Crippen LogP contribution in [0, 0.1) is 35.5 Å². The number of hydrogen-bond acceptors (Lipinski definition) is 8. The lowest BCUT2D eigenvalue weighted by molar-refractivity contribution is 0.00728. The molecule has 49 heavy (non-hydrogen) atoms. The van der Waals surface area contributed by atoms with Crippen molar-refractivity contribution in [3.05, 3.63) is 46.5 Å². The van der Waals surface area contributed by atoms with Crippen molar-refractivity contribution >= 4 is 0 Å². The first kappa shape index (κ1) is 37.7. The van der Waals surface area contributed by atoms with E-state index in [0.29, 0.717) is 42.4 Å². The van der Waals surface area contributed by atoms with Gasteiger partial charge in [0.2, 0.25) is 0 Å². The van der Waals surface area contributed by atoms with E-state index >= 15 is 0 Å². The first-order valence-electron chi connectivity index (χ1n) is 18.7. The van der Waals surface area contributed by atoms with Gasteiger partial charge in [0, 0.05) is 58.6 Å². The number of benzene rings is 2. The summed E-state index contributed by atoms with van der Waals surface area (Å²) < 4.78 is 27.6. The van der Waals surface area contributed by atoms with Crippen LogP contribution in [-0.2, 0) is 17.6 Å². The smallest absolute Gasteiger partial charge is 0.161 e. The zero-order chi connectivity index (χ0) is 35.2. The number of rotatable bonds is 11. The summed E-state index contributed by atoms with van der Waals surface area (Å²) in [6, 6.07) is 9.55. The quantitative estimate of drug-likeness (QED) is 0.267. The molecular weight excluding hydrogens is 616 g/mol. The minimum Gasteiger partial charge on any atom is -0.493 e. The Morgan fingerprint density at radius 3 is 1.41 bits per heavy atom. The van der Waals surface area contributed by atoms with E-state index in [9.17, 15) is 5.11 Å². The van der Waals surface area contributed by atoms with Crippen LogP contribution in [0.3, 0.4) is 0 Å². The van der Waals surface area contributed by atoms with Crippen molar-refractivity contribution in [2.45, 2.75) is 78.3 Å². The Hall–Kier alpha value is -2.52. The fourth-order valence-electron chi connectivity index (χ4n) is 9.40. The third-order valence-corrected chi connectivity index (χ3v) is 11.7. The zero-order valence-corrected chi connectivity index (χ0v) is 31.8. The molecule has 0 aliphatic carbocycles. The van der Waals surface area contributed by atoms with Gasteiger partial charge in [-0.05, 0) is 121 Å². The van der Waals surface area contributed by atoms with Crippen LogP contribution in [0.4, 0.5) is 0 Å². The minimum absolute atomic E-state index is 0.296. The lowest BCUT2D eigenvalue weighted by atomic mass is 9.74. The highest BCUT2D eigenvalue weighted by Gasteiger charge is 2.40. The first-order valence-corrected chi connectivity index (χ1v) is 18.7. The SMILES string of the molecule is COC[C@@H]1C[C@@H]2c3cc(OC)c(OC)cc3CCN2C[C@H]1CC(C)C.COc1cc2c(cc1OC)[C@H]1C[C@@H](CO)[C@H](CC(C)C)CN1CC2. The van der Waals surface area contributed by atoms with Crippen LogP contribution in [0.15, 0.2) is 24.3 Å². The van der Waals surface area contributed by atoms with Gasteiger partial charge in [-0.15, -0.1) is 0 Å². The zero-order valence-electron chi connectivity index (χ0n) is 31.8. The standard InChI is InChI=1S/C21H33NO3.C20H31NO3/c1-14(2)8-16-12-22-7-6-15-10-20(24-4)21(25-5)11-18(15)19(22)9-17(16)13-23-3;1-13(2)7-15-11-21-6-5-14-9-19(23-3)20(24-4)10-17(14)18(21)8-16(15)12-22/h10-11,14,16-17,19H,6-9,12-13H2,1-5H3;9-10,13,15-16,18,22H,5-8,11-12H2,1-4H3/t16-,17+,19-;15-,16+,18-/m11/s1. The molecule has 0 spiro atoms. The van der Waals surface area contributed by atoms with Crippen LogP contribution in [0.2, 0.25) is 0 Å². The van der Waals surface area contributed by atoms with Gasteiger partial charge >= 0.3 is 0 Å². The average molecular weight is 681 g/mol. The molecule has 0 unspecified atom stereocenters. The van der Waals surface area contributed by atoms with E-state index in [4.69, 9.17) is 23.7 Å². The Kier molecular flexibility index (Phi) is 13.2. The molecule has 274 valence electrons. The molecule has 0 radical (unpaired) electrons. The van der Waals surface area contributed by atoms with Crippen LogP contribution in [0.1, 0.15) is 87.7 Å². The number of nitrogens with zero attached hydrogens (tertiary/aromatic N) is 2. The number of ether oxygens (including phenoxy) is 5. The molecule has 8 heteroatoms. The van der Waals surface area contributed by atoms with Crippen molar-refractivity contribution in [3.8, 4) is 23.0 Å². The predicted molar refractivity (Wildman–Crippen MR) is 196 cm³/mol. The van der Waals surface area contributed by atoms with Crippen molar-refractivity contribution in [2.24, 2.45) is 35.5 Å². The maximum absolute atomic E-state index is 9.93. The molecular formula is C41H64N2O6. The van der Waals surface area contributed by atoms with Crippen molar-refractivity contribution in [3.63, 3.8) is 0 Å². The second kappa shape index (κ2) is 17.1. The second-order valence-corrected chi connectivity index (χ2v) is 15.7. The number of hydrogen-bond donors (Lipinski definition) is 1. The molecule has 0 amide bonds. The summed E-state index contributed by atoms with van der Waals surface area (Å²) in [4.78, 5) is 5.31. The molecule has 2 aromatic carbocycles. The molecule has 4 aliphatic heterocycles. The summed E-state index contributed by atoms with van der Waals surface area (Å²) in [6.45, 7) is 14.9. The van der Waals surface area contributed by atoms with Gasteiger partial charge < -0.3 is 28.8 Å². The van der Waals surface area contributed by atoms with Gasteiger partial charge in [-0.3, -0.25) is 9.80 Å². The third-order valence-electron chi connectivity index (χ3n) is 11.7. The molecule has 2 aromatic rings. The molecule has 4 heterocycles. The number of piperidine rings is 2. The normalized spacial score (nSPS) is 26.5. The molecule has 4 aliphatic rings. The van der Waals surface area contributed by atoms with E-state index in [1.807, 2.05) is 7.11 Å². The lowest BCUT2D eigenvalue weighted by Crippen LogP contribution is -2.47. The van der Waals surface area contributed by atoms with Crippen molar-refractivity contribution < 1.29 is 28.8 Å². The summed E-state index contributed by atoms with van der Waals surface area (Å²) in [7, 11) is 8.66. The van der Waals surface area contributed by atoms with Crippen LogP contribution in [-0.4, -0.2) is 89.8 Å². The summed E-state index contributed by atoms with van der Waals surface area (Å²) in [5, 5.41) is 9.93. The number of methoxy groups -OCH3 is 5. The van der Waals surface area contributed by atoms with E-state index < -0.39 is 0 Å². The largest absolute Gasteiger partial charge is 0.493 e. The maximum Gasteiger partial charge on any atom is 0.161 e. The molecule has 1 N–H and O–H groups in total. The monoisotopic (exact) mass is 680 g/mol. The molecule has 2 fully saturated rings. The van der Waals surface area contributed by atoms with Gasteiger partial charge in [0.25, 0.3) is 0 Å². The van der Waals surface area contributed by atoms with E-state index in [1.165, 1.54) is 48.1 Å². The predicted octanol–water partition coefficient (Wildman–Crippen LogP) is 7.21. The molecule has 8 nitrogen and oxygen atoms in total. The molecule has 6 rings (SSSR count). The Bertz CT molecular complexity index is 1360. The Labute approximate surface area is 296 Å². The molecule has 0 saturated carbocycles. The number of fused-ring (bicyclic) bond motifs is 6. The average Bonchev–Trinajstić information content (AvgIpc) is 3.10. The van der Waals surface area contributed by atoms with E-state index in [2.05, 4.69) is 61.8 Å². The summed E-state index contributed by atoms with van der Waals surface area (Å²) >= 11 is 0. The summed E-state index contributed by atoms with van der Waals surface area (Å²) in [6.07, 6.45) is 6.85. The van der Waals surface area contributed by atoms with Crippen LogP contribution >= 0.6 is 0 Å². The van der Waals surface area contributed by atoms with E-state index in [-0.39, 0.29) is 0 Å². The second-order valence-electron chi connectivity index (χ2n) is 15.7. The van der Waals surface area contributed by atoms with Gasteiger partial charge in [0.15, 0.2) is 23.0 Å². The Morgan fingerprint density at radius 2 is 1.02 bits per heavy atom. The third kappa shape index (κ3) is 8.52. The molecule has 0 aromatic heterocycles. The highest BCUT2D eigenvalue weighted by Crippen LogP contribution is 2.47. The van der Waals surface area contributed by atoms with Crippen LogP contribution < -0.4 is 18.9 Å². The topological polar surface area (TPSA) is 72.9 Å². The maximum atomic E-state index is 9.93. The number of aliphatic hydroxyl groups excluding tert-OH is 1. The fraction of sp³-hybridized carbons (Fsp3) is 0.707. The fourth-order valence-corrected chi connectivity index (χ4v) is 9.40. The molecule has 2 saturated heterocycles. The number of aliphatic hydroxyl groups is 1. The summed E-state index contributed by atoms with van der Waals surface area (Å²) in [5.41, 5.74) is 5.57. The van der Waals surface area contributed by atoms with Crippen molar-refractivity contribution in [2.75, 3.05) is 74.9 Å². The summed E-state index contributed by atoms with van der Waals surface area (Å²) in [5.74, 6) is 7.10. The minimum atomic E-state index is 0.296. The van der Waals surface area contributed by atoms with Gasteiger partial charge in [-0.2, -0.15) is 0 Å². The highest BCUT2D eigenvalue weighted by atomic mass is 16.5. The Balaban J connectivity index is 0.000000191. The highest BCUT2D eigenvalue weighted by molar-refractivity contribution is 5.50.